The molecule has 5 nitrogen and oxygen atoms in total. The van der Waals surface area contributed by atoms with E-state index in [1.807, 2.05) is 6.07 Å². The van der Waals surface area contributed by atoms with Gasteiger partial charge in [-0.2, -0.15) is 0 Å². The fourth-order valence-electron chi connectivity index (χ4n) is 2.43. The second-order valence-corrected chi connectivity index (χ2v) is 5.28. The van der Waals surface area contributed by atoms with Crippen molar-refractivity contribution < 1.29 is 4.74 Å². The van der Waals surface area contributed by atoms with Gasteiger partial charge >= 0.3 is 0 Å². The molecule has 1 unspecified atom stereocenters. The molecule has 1 aliphatic heterocycles. The third kappa shape index (κ3) is 3.43. The predicted octanol–water partition coefficient (Wildman–Crippen LogP) is 0.416. The summed E-state index contributed by atoms with van der Waals surface area (Å²) in [6.45, 7) is 7.81. The quantitative estimate of drug-likeness (QED) is 0.857. The monoisotopic (exact) mass is 265 g/mol. The van der Waals surface area contributed by atoms with Gasteiger partial charge in [-0.3, -0.25) is 9.69 Å². The molecular formula is C14H23N3O2. The molecule has 19 heavy (non-hydrogen) atoms. The summed E-state index contributed by atoms with van der Waals surface area (Å²) in [5.41, 5.74) is 6.21. The van der Waals surface area contributed by atoms with Crippen molar-refractivity contribution >= 4 is 0 Å². The number of nitrogens with two attached hydrogens (primary N) is 1. The third-order valence-corrected chi connectivity index (χ3v) is 3.62. The number of rotatable bonds is 4. The van der Waals surface area contributed by atoms with Gasteiger partial charge in [0, 0.05) is 37.4 Å². The van der Waals surface area contributed by atoms with E-state index in [1.54, 1.807) is 16.8 Å². The number of hydrogen-bond acceptors (Lipinski definition) is 4. The zero-order valence-corrected chi connectivity index (χ0v) is 11.7. The normalized spacial score (nSPS) is 20.9. The molecule has 1 aromatic rings. The van der Waals surface area contributed by atoms with E-state index < -0.39 is 0 Å². The van der Waals surface area contributed by atoms with Gasteiger partial charge < -0.3 is 15.0 Å². The van der Waals surface area contributed by atoms with Gasteiger partial charge in [0.1, 0.15) is 0 Å². The van der Waals surface area contributed by atoms with Crippen LogP contribution >= 0.6 is 0 Å². The summed E-state index contributed by atoms with van der Waals surface area (Å²) in [5, 5.41) is 0. The second-order valence-electron chi connectivity index (χ2n) is 5.28. The average molecular weight is 265 g/mol. The van der Waals surface area contributed by atoms with E-state index in [-0.39, 0.29) is 18.2 Å². The fraction of sp³-hybridized carbons (Fsp3) is 0.643. The topological polar surface area (TPSA) is 60.5 Å². The Kier molecular flexibility index (Phi) is 4.74. The van der Waals surface area contributed by atoms with Crippen LogP contribution in [0.15, 0.2) is 23.1 Å². The van der Waals surface area contributed by atoms with Gasteiger partial charge in [-0.1, -0.05) is 6.07 Å². The Hall–Kier alpha value is -1.17. The van der Waals surface area contributed by atoms with Gasteiger partial charge in [0.05, 0.1) is 19.3 Å². The molecule has 1 atom stereocenters. The fourth-order valence-corrected chi connectivity index (χ4v) is 2.43. The van der Waals surface area contributed by atoms with Crippen LogP contribution in [0.1, 0.15) is 19.4 Å². The van der Waals surface area contributed by atoms with E-state index in [9.17, 15) is 4.79 Å². The lowest BCUT2D eigenvalue weighted by molar-refractivity contribution is -0.0460. The first-order valence-electron chi connectivity index (χ1n) is 6.86. The van der Waals surface area contributed by atoms with Crippen LogP contribution in [-0.2, 0) is 17.8 Å². The number of morpholine rings is 1. The van der Waals surface area contributed by atoms with E-state index >= 15 is 0 Å². The summed E-state index contributed by atoms with van der Waals surface area (Å²) >= 11 is 0. The summed E-state index contributed by atoms with van der Waals surface area (Å²) in [6.07, 6.45) is 1.88. The van der Waals surface area contributed by atoms with Crippen molar-refractivity contribution in [3.05, 3.63) is 34.2 Å². The Morgan fingerprint density at radius 1 is 1.53 bits per heavy atom. The van der Waals surface area contributed by atoms with Crippen LogP contribution in [0, 0.1) is 0 Å². The Morgan fingerprint density at radius 2 is 2.32 bits per heavy atom. The van der Waals surface area contributed by atoms with Crippen LogP contribution < -0.4 is 11.3 Å². The lowest BCUT2D eigenvalue weighted by Gasteiger charge is -2.35. The SMILES string of the molecule is CC(C)N1CCOC(Cn2cccc(CN)c2=O)C1. The van der Waals surface area contributed by atoms with Crippen LogP contribution in [-0.4, -0.2) is 41.3 Å². The highest BCUT2D eigenvalue weighted by atomic mass is 16.5. The Morgan fingerprint density at radius 3 is 3.00 bits per heavy atom. The zero-order chi connectivity index (χ0) is 13.8. The number of pyridine rings is 1. The van der Waals surface area contributed by atoms with Gasteiger partial charge in [0.25, 0.3) is 5.56 Å². The number of ether oxygens (including phenoxy) is 1. The number of nitrogens with zero attached hydrogens (tertiary/aromatic N) is 2. The molecule has 0 aromatic carbocycles. The van der Waals surface area contributed by atoms with Gasteiger partial charge in [-0.25, -0.2) is 0 Å². The molecule has 0 bridgehead atoms. The summed E-state index contributed by atoms with van der Waals surface area (Å²) in [7, 11) is 0. The highest BCUT2D eigenvalue weighted by Gasteiger charge is 2.22. The first-order chi connectivity index (χ1) is 9.11. The van der Waals surface area contributed by atoms with Crippen LogP contribution in [0.25, 0.3) is 0 Å². The highest BCUT2D eigenvalue weighted by Crippen LogP contribution is 2.10. The minimum atomic E-state index is -0.00438. The Labute approximate surface area is 114 Å². The van der Waals surface area contributed by atoms with Gasteiger partial charge in [0.2, 0.25) is 0 Å². The standard InChI is InChI=1S/C14H23N3O2/c1-11(2)16-6-7-19-13(9-16)10-17-5-3-4-12(8-15)14(17)18/h3-5,11,13H,6-10,15H2,1-2H3. The zero-order valence-electron chi connectivity index (χ0n) is 11.7. The maximum Gasteiger partial charge on any atom is 0.255 e. The predicted molar refractivity (Wildman–Crippen MR) is 75.0 cm³/mol. The number of aromatic nitrogens is 1. The molecule has 1 fully saturated rings. The molecule has 1 aromatic heterocycles. The average Bonchev–Trinajstić information content (AvgIpc) is 2.41. The lowest BCUT2D eigenvalue weighted by atomic mass is 10.2. The van der Waals surface area contributed by atoms with Crippen LogP contribution in [0.4, 0.5) is 0 Å². The summed E-state index contributed by atoms with van der Waals surface area (Å²) in [4.78, 5) is 14.5. The lowest BCUT2D eigenvalue weighted by Crippen LogP contribution is -2.48. The molecule has 0 saturated carbocycles. The van der Waals surface area contributed by atoms with Crippen molar-refractivity contribution in [3.63, 3.8) is 0 Å². The van der Waals surface area contributed by atoms with Gasteiger partial charge in [0.15, 0.2) is 0 Å². The first kappa shape index (κ1) is 14.2. The molecule has 0 spiro atoms. The van der Waals surface area contributed by atoms with Crippen molar-refractivity contribution in [2.45, 2.75) is 39.1 Å². The second kappa shape index (κ2) is 6.32. The van der Waals surface area contributed by atoms with Crippen molar-refractivity contribution in [2.24, 2.45) is 5.73 Å². The van der Waals surface area contributed by atoms with Crippen molar-refractivity contribution in [3.8, 4) is 0 Å². The third-order valence-electron chi connectivity index (χ3n) is 3.62. The van der Waals surface area contributed by atoms with Gasteiger partial charge in [-0.15, -0.1) is 0 Å². The molecule has 0 amide bonds. The van der Waals surface area contributed by atoms with E-state index in [0.29, 0.717) is 18.2 Å². The minimum Gasteiger partial charge on any atom is -0.374 e. The summed E-state index contributed by atoms with van der Waals surface area (Å²) in [6, 6.07) is 4.16. The van der Waals surface area contributed by atoms with E-state index in [1.165, 1.54) is 0 Å². The summed E-state index contributed by atoms with van der Waals surface area (Å²) in [5.74, 6) is 0. The van der Waals surface area contributed by atoms with Crippen LogP contribution in [0.2, 0.25) is 0 Å². The molecule has 2 N–H and O–H groups in total. The molecule has 5 heteroatoms. The van der Waals surface area contributed by atoms with Gasteiger partial charge in [-0.05, 0) is 19.9 Å². The molecule has 0 radical (unpaired) electrons. The molecule has 2 rings (SSSR count). The highest BCUT2D eigenvalue weighted by molar-refractivity contribution is 5.09. The van der Waals surface area contributed by atoms with Crippen LogP contribution in [0.5, 0.6) is 0 Å². The maximum atomic E-state index is 12.1. The van der Waals surface area contributed by atoms with E-state index in [2.05, 4.69) is 18.7 Å². The van der Waals surface area contributed by atoms with Crippen molar-refractivity contribution in [1.82, 2.24) is 9.47 Å². The van der Waals surface area contributed by atoms with Crippen LogP contribution in [0.3, 0.4) is 0 Å². The molecule has 2 heterocycles. The molecule has 1 aliphatic rings. The first-order valence-corrected chi connectivity index (χ1v) is 6.86. The maximum absolute atomic E-state index is 12.1. The van der Waals surface area contributed by atoms with Crippen molar-refractivity contribution in [2.75, 3.05) is 19.7 Å². The number of hydrogen-bond donors (Lipinski definition) is 1. The van der Waals surface area contributed by atoms with Crippen molar-refractivity contribution in [1.29, 1.82) is 0 Å². The minimum absolute atomic E-state index is 0.00438. The molecule has 0 aliphatic carbocycles. The largest absolute Gasteiger partial charge is 0.374 e. The van der Waals surface area contributed by atoms with E-state index in [0.717, 1.165) is 19.7 Å². The Balaban J connectivity index is 2.07. The summed E-state index contributed by atoms with van der Waals surface area (Å²) < 4.78 is 7.46. The smallest absolute Gasteiger partial charge is 0.255 e. The molecule has 1 saturated heterocycles. The Bertz CT molecular complexity index is 470. The molecular weight excluding hydrogens is 242 g/mol. The molecule has 106 valence electrons. The van der Waals surface area contributed by atoms with E-state index in [4.69, 9.17) is 10.5 Å².